The highest BCUT2D eigenvalue weighted by atomic mass is 16.5. The largest absolute Gasteiger partial charge is 0.437 e. The number of aromatic nitrogens is 2. The molecule has 2 aromatic rings. The lowest BCUT2D eigenvalue weighted by molar-refractivity contribution is 0.460. The van der Waals surface area contributed by atoms with Crippen molar-refractivity contribution in [1.82, 2.24) is 9.97 Å². The van der Waals surface area contributed by atoms with Gasteiger partial charge in [0.1, 0.15) is 5.75 Å². The van der Waals surface area contributed by atoms with E-state index in [4.69, 9.17) is 10.5 Å². The van der Waals surface area contributed by atoms with Gasteiger partial charge in [0.15, 0.2) is 0 Å². The molecule has 2 rings (SSSR count). The molecule has 0 aliphatic rings. The number of ether oxygens (including phenoxy) is 1. The van der Waals surface area contributed by atoms with E-state index >= 15 is 0 Å². The normalized spacial score (nSPS) is 12.2. The Morgan fingerprint density at radius 3 is 2.47 bits per heavy atom. The Hall–Kier alpha value is -1.94. The second kappa shape index (κ2) is 4.93. The van der Waals surface area contributed by atoms with E-state index in [1.54, 1.807) is 18.5 Å². The van der Waals surface area contributed by atoms with Gasteiger partial charge in [-0.25, -0.2) is 4.98 Å². The first kappa shape index (κ1) is 11.5. The van der Waals surface area contributed by atoms with Gasteiger partial charge in [-0.3, -0.25) is 4.98 Å². The number of nitrogens with two attached hydrogens (primary N) is 1. The van der Waals surface area contributed by atoms with Crippen molar-refractivity contribution in [2.75, 3.05) is 0 Å². The van der Waals surface area contributed by atoms with Crippen molar-refractivity contribution in [3.05, 3.63) is 47.9 Å². The lowest BCUT2D eigenvalue weighted by Crippen LogP contribution is -2.05. The predicted octanol–water partition coefficient (Wildman–Crippen LogP) is 2.60. The van der Waals surface area contributed by atoms with Crippen LogP contribution in [-0.2, 0) is 0 Å². The smallest absolute Gasteiger partial charge is 0.219 e. The average Bonchev–Trinajstić information content (AvgIpc) is 2.33. The molecule has 0 spiro atoms. The third kappa shape index (κ3) is 3.01. The van der Waals surface area contributed by atoms with Gasteiger partial charge in [0.25, 0.3) is 0 Å². The minimum atomic E-state index is -0.0161. The quantitative estimate of drug-likeness (QED) is 0.878. The molecule has 4 nitrogen and oxygen atoms in total. The molecule has 0 aliphatic carbocycles. The molecular formula is C13H15N3O. The van der Waals surface area contributed by atoms with Gasteiger partial charge < -0.3 is 10.5 Å². The van der Waals surface area contributed by atoms with Crippen molar-refractivity contribution in [3.8, 4) is 11.6 Å². The summed E-state index contributed by atoms with van der Waals surface area (Å²) in [5.41, 5.74) is 7.68. The second-order valence-corrected chi connectivity index (χ2v) is 3.96. The summed E-state index contributed by atoms with van der Waals surface area (Å²) in [7, 11) is 0. The molecule has 0 saturated carbocycles. The molecule has 1 atom stereocenters. The van der Waals surface area contributed by atoms with Gasteiger partial charge in [0.05, 0.1) is 6.20 Å². The highest BCUT2D eigenvalue weighted by molar-refractivity contribution is 5.27. The summed E-state index contributed by atoms with van der Waals surface area (Å²) >= 11 is 0. The molecule has 2 N–H and O–H groups in total. The fraction of sp³-hybridized carbons (Fsp3) is 0.231. The van der Waals surface area contributed by atoms with E-state index in [0.29, 0.717) is 11.6 Å². The van der Waals surface area contributed by atoms with E-state index in [1.807, 2.05) is 32.0 Å². The Morgan fingerprint density at radius 1 is 1.12 bits per heavy atom. The van der Waals surface area contributed by atoms with Crippen LogP contribution < -0.4 is 10.5 Å². The second-order valence-electron chi connectivity index (χ2n) is 3.96. The van der Waals surface area contributed by atoms with Crippen molar-refractivity contribution in [2.45, 2.75) is 19.9 Å². The van der Waals surface area contributed by atoms with Crippen molar-refractivity contribution < 1.29 is 4.74 Å². The van der Waals surface area contributed by atoms with E-state index in [0.717, 1.165) is 11.3 Å². The Bertz CT molecular complexity index is 477. The molecule has 17 heavy (non-hydrogen) atoms. The Balaban J connectivity index is 2.11. The standard InChI is InChI=1S/C13H15N3O/c1-9-3-5-12(8-15-9)17-13-6-4-11(7-16-13)10(2)14/h3-8,10H,14H2,1-2H3. The maximum absolute atomic E-state index is 5.74. The zero-order chi connectivity index (χ0) is 12.3. The Labute approximate surface area is 100 Å². The number of hydrogen-bond donors (Lipinski definition) is 1. The summed E-state index contributed by atoms with van der Waals surface area (Å²) in [5, 5.41) is 0. The molecule has 2 heterocycles. The molecule has 0 aliphatic heterocycles. The van der Waals surface area contributed by atoms with Crippen LogP contribution in [0.2, 0.25) is 0 Å². The summed E-state index contributed by atoms with van der Waals surface area (Å²) < 4.78 is 5.55. The van der Waals surface area contributed by atoms with Crippen LogP contribution in [0.3, 0.4) is 0 Å². The van der Waals surface area contributed by atoms with E-state index in [-0.39, 0.29) is 6.04 Å². The first-order chi connectivity index (χ1) is 8.15. The zero-order valence-electron chi connectivity index (χ0n) is 9.92. The van der Waals surface area contributed by atoms with Crippen LogP contribution >= 0.6 is 0 Å². The minimum Gasteiger partial charge on any atom is -0.437 e. The van der Waals surface area contributed by atoms with Crippen molar-refractivity contribution >= 4 is 0 Å². The number of hydrogen-bond acceptors (Lipinski definition) is 4. The van der Waals surface area contributed by atoms with Crippen LogP contribution in [0, 0.1) is 6.92 Å². The van der Waals surface area contributed by atoms with Crippen molar-refractivity contribution in [1.29, 1.82) is 0 Å². The van der Waals surface area contributed by atoms with E-state index in [2.05, 4.69) is 9.97 Å². The third-order valence-electron chi connectivity index (χ3n) is 2.39. The average molecular weight is 229 g/mol. The van der Waals surface area contributed by atoms with E-state index < -0.39 is 0 Å². The van der Waals surface area contributed by atoms with Crippen LogP contribution in [0.15, 0.2) is 36.7 Å². The molecule has 0 amide bonds. The summed E-state index contributed by atoms with van der Waals surface area (Å²) in [6, 6.07) is 7.46. The van der Waals surface area contributed by atoms with Gasteiger partial charge in [-0.1, -0.05) is 6.07 Å². The first-order valence-corrected chi connectivity index (χ1v) is 5.47. The van der Waals surface area contributed by atoms with Gasteiger partial charge in [-0.05, 0) is 31.5 Å². The summed E-state index contributed by atoms with van der Waals surface area (Å²) in [5.74, 6) is 1.22. The van der Waals surface area contributed by atoms with Crippen LogP contribution in [0.25, 0.3) is 0 Å². The van der Waals surface area contributed by atoms with Gasteiger partial charge in [0.2, 0.25) is 5.88 Å². The van der Waals surface area contributed by atoms with Crippen molar-refractivity contribution in [3.63, 3.8) is 0 Å². The molecule has 2 aromatic heterocycles. The molecule has 0 aromatic carbocycles. The molecule has 1 unspecified atom stereocenters. The van der Waals surface area contributed by atoms with Crippen LogP contribution in [0.4, 0.5) is 0 Å². The first-order valence-electron chi connectivity index (χ1n) is 5.47. The minimum absolute atomic E-state index is 0.0161. The number of rotatable bonds is 3. The number of aryl methyl sites for hydroxylation is 1. The maximum atomic E-state index is 5.74. The maximum Gasteiger partial charge on any atom is 0.219 e. The lowest BCUT2D eigenvalue weighted by Gasteiger charge is -2.07. The monoisotopic (exact) mass is 229 g/mol. The zero-order valence-corrected chi connectivity index (χ0v) is 9.92. The molecule has 0 bridgehead atoms. The van der Waals surface area contributed by atoms with Crippen LogP contribution in [0.5, 0.6) is 11.6 Å². The SMILES string of the molecule is Cc1ccc(Oc2ccc(C(C)N)cn2)cn1. The topological polar surface area (TPSA) is 61.0 Å². The molecule has 88 valence electrons. The number of nitrogens with zero attached hydrogens (tertiary/aromatic N) is 2. The summed E-state index contributed by atoms with van der Waals surface area (Å²) in [4.78, 5) is 8.34. The molecule has 0 radical (unpaired) electrons. The fourth-order valence-electron chi connectivity index (χ4n) is 1.36. The van der Waals surface area contributed by atoms with Gasteiger partial charge in [-0.2, -0.15) is 0 Å². The highest BCUT2D eigenvalue weighted by Gasteiger charge is 2.02. The summed E-state index contributed by atoms with van der Waals surface area (Å²) in [6.45, 7) is 3.85. The van der Waals surface area contributed by atoms with Crippen LogP contribution in [0.1, 0.15) is 24.2 Å². The number of pyridine rings is 2. The third-order valence-corrected chi connectivity index (χ3v) is 2.39. The molecule has 0 fully saturated rings. The van der Waals surface area contributed by atoms with E-state index in [9.17, 15) is 0 Å². The van der Waals surface area contributed by atoms with Gasteiger partial charge in [-0.15, -0.1) is 0 Å². The summed E-state index contributed by atoms with van der Waals surface area (Å²) in [6.07, 6.45) is 3.40. The predicted molar refractivity (Wildman–Crippen MR) is 65.9 cm³/mol. The van der Waals surface area contributed by atoms with Crippen LogP contribution in [-0.4, -0.2) is 9.97 Å². The van der Waals surface area contributed by atoms with Crippen molar-refractivity contribution in [2.24, 2.45) is 5.73 Å². The molecule has 4 heteroatoms. The Morgan fingerprint density at radius 2 is 1.94 bits per heavy atom. The van der Waals surface area contributed by atoms with Gasteiger partial charge in [0, 0.05) is 24.0 Å². The highest BCUT2D eigenvalue weighted by Crippen LogP contribution is 2.19. The lowest BCUT2D eigenvalue weighted by atomic mass is 10.2. The Kier molecular flexibility index (Phi) is 3.35. The molecule has 0 saturated heterocycles. The van der Waals surface area contributed by atoms with E-state index in [1.165, 1.54) is 0 Å². The van der Waals surface area contributed by atoms with Gasteiger partial charge >= 0.3 is 0 Å². The molecular weight excluding hydrogens is 214 g/mol. The fourth-order valence-corrected chi connectivity index (χ4v) is 1.36.